The summed E-state index contributed by atoms with van der Waals surface area (Å²) in [7, 11) is 0. The lowest BCUT2D eigenvalue weighted by molar-refractivity contribution is -0.137. The quantitative estimate of drug-likeness (QED) is 0.246. The second-order valence-electron chi connectivity index (χ2n) is 6.33. The highest BCUT2D eigenvalue weighted by Crippen LogP contribution is 2.36. The summed E-state index contributed by atoms with van der Waals surface area (Å²) in [6.07, 6.45) is 23.1. The standard InChI is InChI=1S/C19H30N2O2/c1-2-16-19(20-21-19)17-14-12-10-8-6-4-3-5-7-9-11-13-15-18(22)23/h1,4,6H,3,5,7-17H2,(H,22,23)/b6-4-. The molecule has 0 saturated carbocycles. The largest absolute Gasteiger partial charge is 0.481 e. The van der Waals surface area contributed by atoms with Gasteiger partial charge in [-0.1, -0.05) is 37.8 Å². The van der Waals surface area contributed by atoms with E-state index < -0.39 is 5.97 Å². The van der Waals surface area contributed by atoms with Crippen molar-refractivity contribution in [3.8, 4) is 12.3 Å². The minimum Gasteiger partial charge on any atom is -0.481 e. The lowest BCUT2D eigenvalue weighted by Gasteiger charge is -2.05. The normalized spacial score (nSPS) is 14.9. The summed E-state index contributed by atoms with van der Waals surface area (Å²) in [5, 5.41) is 16.7. The number of nitrogens with zero attached hydrogens (tertiary/aromatic N) is 2. The Kier molecular flexibility index (Phi) is 10.0. The molecule has 0 amide bonds. The smallest absolute Gasteiger partial charge is 0.303 e. The van der Waals surface area contributed by atoms with Crippen LogP contribution in [0.4, 0.5) is 0 Å². The van der Waals surface area contributed by atoms with Crippen molar-refractivity contribution in [2.75, 3.05) is 0 Å². The Labute approximate surface area is 140 Å². The van der Waals surface area contributed by atoms with Gasteiger partial charge in [0.15, 0.2) is 0 Å². The van der Waals surface area contributed by atoms with Gasteiger partial charge in [-0.25, -0.2) is 0 Å². The highest BCUT2D eigenvalue weighted by molar-refractivity contribution is 5.66. The molecule has 1 aliphatic heterocycles. The van der Waals surface area contributed by atoms with Crippen molar-refractivity contribution < 1.29 is 9.90 Å². The fourth-order valence-electron chi connectivity index (χ4n) is 2.64. The number of carbonyl (C=O) groups is 1. The monoisotopic (exact) mass is 318 g/mol. The Hall–Kier alpha value is -1.63. The van der Waals surface area contributed by atoms with Crippen LogP contribution in [0.1, 0.15) is 83.5 Å². The molecule has 0 spiro atoms. The van der Waals surface area contributed by atoms with Gasteiger partial charge in [-0.3, -0.25) is 4.79 Å². The first-order valence-corrected chi connectivity index (χ1v) is 8.93. The lowest BCUT2D eigenvalue weighted by atomic mass is 10.0. The highest BCUT2D eigenvalue weighted by atomic mass is 16.4. The summed E-state index contributed by atoms with van der Waals surface area (Å²) in [4.78, 5) is 10.4. The van der Waals surface area contributed by atoms with Gasteiger partial charge < -0.3 is 5.11 Å². The molecule has 0 radical (unpaired) electrons. The maximum atomic E-state index is 10.4. The SMILES string of the molecule is C#CCC1(CCCCC/C=C\CCCCCCCC(=O)O)N=N1. The van der Waals surface area contributed by atoms with Gasteiger partial charge in [0.25, 0.3) is 0 Å². The van der Waals surface area contributed by atoms with E-state index in [4.69, 9.17) is 11.5 Å². The number of allylic oxidation sites excluding steroid dienone is 2. The first kappa shape index (κ1) is 19.4. The molecule has 1 N–H and O–H groups in total. The molecule has 4 heteroatoms. The lowest BCUT2D eigenvalue weighted by Crippen LogP contribution is -2.08. The second kappa shape index (κ2) is 11.9. The fourth-order valence-corrected chi connectivity index (χ4v) is 2.64. The first-order chi connectivity index (χ1) is 11.2. The topological polar surface area (TPSA) is 62.0 Å². The maximum absolute atomic E-state index is 10.4. The van der Waals surface area contributed by atoms with Crippen LogP contribution in [-0.2, 0) is 4.79 Å². The van der Waals surface area contributed by atoms with Gasteiger partial charge in [-0.05, 0) is 44.9 Å². The molecule has 4 nitrogen and oxygen atoms in total. The van der Waals surface area contributed by atoms with Crippen molar-refractivity contribution >= 4 is 5.97 Å². The number of hydrogen-bond acceptors (Lipinski definition) is 3. The first-order valence-electron chi connectivity index (χ1n) is 8.93. The molecule has 0 atom stereocenters. The van der Waals surface area contributed by atoms with Gasteiger partial charge in [0.2, 0.25) is 5.66 Å². The van der Waals surface area contributed by atoms with Crippen molar-refractivity contribution in [2.45, 2.75) is 89.1 Å². The number of hydrogen-bond donors (Lipinski definition) is 1. The van der Waals surface area contributed by atoms with Crippen molar-refractivity contribution in [3.63, 3.8) is 0 Å². The number of terminal acetylenes is 1. The molecule has 0 aromatic rings. The molecule has 0 saturated heterocycles. The summed E-state index contributed by atoms with van der Waals surface area (Å²) in [5.74, 6) is 1.97. The average Bonchev–Trinajstić information content (AvgIpc) is 3.27. The van der Waals surface area contributed by atoms with Crippen LogP contribution in [0, 0.1) is 12.3 Å². The summed E-state index contributed by atoms with van der Waals surface area (Å²) in [5.41, 5.74) is -0.199. The number of carboxylic acid groups (broad SMARTS) is 1. The molecule has 0 aromatic heterocycles. The van der Waals surface area contributed by atoms with E-state index in [1.165, 1.54) is 25.7 Å². The Balaban J connectivity index is 1.79. The maximum Gasteiger partial charge on any atom is 0.303 e. The Morgan fingerprint density at radius 2 is 1.52 bits per heavy atom. The number of unbranched alkanes of at least 4 members (excludes halogenated alkanes) is 8. The number of carboxylic acids is 1. The molecule has 1 heterocycles. The van der Waals surface area contributed by atoms with E-state index in [0.29, 0.717) is 12.8 Å². The van der Waals surface area contributed by atoms with Crippen molar-refractivity contribution in [2.24, 2.45) is 10.2 Å². The molecule has 0 aromatic carbocycles. The van der Waals surface area contributed by atoms with Gasteiger partial charge in [0.05, 0.1) is 6.42 Å². The minimum atomic E-state index is -0.680. The second-order valence-corrected chi connectivity index (χ2v) is 6.33. The summed E-state index contributed by atoms with van der Waals surface area (Å²) in [6.45, 7) is 0. The Morgan fingerprint density at radius 1 is 0.957 bits per heavy atom. The van der Waals surface area contributed by atoms with Crippen molar-refractivity contribution in [1.82, 2.24) is 0 Å². The summed E-state index contributed by atoms with van der Waals surface area (Å²) >= 11 is 0. The molecular formula is C19H30N2O2. The van der Waals surface area contributed by atoms with Crippen molar-refractivity contribution in [1.29, 1.82) is 0 Å². The Bertz CT molecular complexity index is 429. The number of rotatable bonds is 15. The van der Waals surface area contributed by atoms with Crippen LogP contribution in [0.5, 0.6) is 0 Å². The van der Waals surface area contributed by atoms with Crippen LogP contribution in [0.25, 0.3) is 0 Å². The van der Waals surface area contributed by atoms with Crippen LogP contribution >= 0.6 is 0 Å². The molecular weight excluding hydrogens is 288 g/mol. The van der Waals surface area contributed by atoms with Crippen LogP contribution in [0.2, 0.25) is 0 Å². The van der Waals surface area contributed by atoms with Crippen LogP contribution in [0.3, 0.4) is 0 Å². The van der Waals surface area contributed by atoms with Crippen LogP contribution in [0.15, 0.2) is 22.4 Å². The third kappa shape index (κ3) is 10.7. The van der Waals surface area contributed by atoms with Gasteiger partial charge in [0.1, 0.15) is 0 Å². The van der Waals surface area contributed by atoms with Crippen molar-refractivity contribution in [3.05, 3.63) is 12.2 Å². The van der Waals surface area contributed by atoms with E-state index in [1.54, 1.807) is 0 Å². The summed E-state index contributed by atoms with van der Waals surface area (Å²) < 4.78 is 0. The predicted octanol–water partition coefficient (Wildman–Crippen LogP) is 5.49. The molecule has 1 rings (SSSR count). The highest BCUT2D eigenvalue weighted by Gasteiger charge is 2.37. The molecule has 0 aliphatic carbocycles. The molecule has 128 valence electrons. The van der Waals surface area contributed by atoms with E-state index in [-0.39, 0.29) is 5.66 Å². The third-order valence-corrected chi connectivity index (χ3v) is 4.14. The molecule has 0 fully saturated rings. The molecule has 0 unspecified atom stereocenters. The third-order valence-electron chi connectivity index (χ3n) is 4.14. The minimum absolute atomic E-state index is 0.199. The van der Waals surface area contributed by atoms with Gasteiger partial charge in [-0.15, -0.1) is 12.3 Å². The van der Waals surface area contributed by atoms with E-state index >= 15 is 0 Å². The van der Waals surface area contributed by atoms with Gasteiger partial charge in [-0.2, -0.15) is 10.2 Å². The van der Waals surface area contributed by atoms with E-state index in [2.05, 4.69) is 28.3 Å². The molecule has 23 heavy (non-hydrogen) atoms. The van der Waals surface area contributed by atoms with Crippen LogP contribution < -0.4 is 0 Å². The van der Waals surface area contributed by atoms with Gasteiger partial charge in [0, 0.05) is 6.42 Å². The zero-order valence-corrected chi connectivity index (χ0v) is 14.2. The van der Waals surface area contributed by atoms with Gasteiger partial charge >= 0.3 is 5.97 Å². The van der Waals surface area contributed by atoms with E-state index in [9.17, 15) is 4.79 Å². The van der Waals surface area contributed by atoms with Crippen LogP contribution in [-0.4, -0.2) is 16.7 Å². The fraction of sp³-hybridized carbons (Fsp3) is 0.737. The predicted molar refractivity (Wildman–Crippen MR) is 93.2 cm³/mol. The molecule has 1 aliphatic rings. The zero-order valence-electron chi connectivity index (χ0n) is 14.2. The Morgan fingerprint density at radius 3 is 2.09 bits per heavy atom. The average molecular weight is 318 g/mol. The number of aliphatic carboxylic acids is 1. The van der Waals surface area contributed by atoms with E-state index in [1.807, 2.05) is 0 Å². The molecule has 0 bridgehead atoms. The summed E-state index contributed by atoms with van der Waals surface area (Å²) in [6, 6.07) is 0. The van der Waals surface area contributed by atoms with E-state index in [0.717, 1.165) is 44.9 Å². The zero-order chi connectivity index (χ0) is 16.8.